The van der Waals surface area contributed by atoms with Gasteiger partial charge in [-0.15, -0.1) is 11.8 Å². The van der Waals surface area contributed by atoms with Crippen LogP contribution >= 0.6 is 23.1 Å². The maximum atomic E-state index is 13.0. The van der Waals surface area contributed by atoms with E-state index in [1.807, 2.05) is 73.7 Å². The predicted octanol–water partition coefficient (Wildman–Crippen LogP) is 5.03. The Morgan fingerprint density at radius 1 is 1.00 bits per heavy atom. The third kappa shape index (κ3) is 4.60. The first-order valence-corrected chi connectivity index (χ1v) is 12.5. The molecule has 5 nitrogen and oxygen atoms in total. The highest BCUT2D eigenvalue weighted by Crippen LogP contribution is 2.29. The van der Waals surface area contributed by atoms with E-state index in [9.17, 15) is 4.79 Å². The lowest BCUT2D eigenvalue weighted by molar-refractivity contribution is 0.289. The Bertz CT molecular complexity index is 1510. The summed E-state index contributed by atoms with van der Waals surface area (Å²) in [6.07, 6.45) is 1.88. The summed E-state index contributed by atoms with van der Waals surface area (Å²) in [5, 5.41) is 0. The van der Waals surface area contributed by atoms with Gasteiger partial charge in [-0.1, -0.05) is 47.7 Å². The largest absolute Gasteiger partial charge is 0.490 e. The van der Waals surface area contributed by atoms with Crippen LogP contribution in [0.15, 0.2) is 82.5 Å². The lowest BCUT2D eigenvalue weighted by Crippen LogP contribution is -2.22. The number of aromatic nitrogens is 2. The van der Waals surface area contributed by atoms with Crippen LogP contribution in [0.4, 0.5) is 0 Å². The molecule has 0 saturated carbocycles. The smallest absolute Gasteiger partial charge is 0.274 e. The van der Waals surface area contributed by atoms with E-state index in [0.29, 0.717) is 34.2 Å². The minimum absolute atomic E-state index is 0.0556. The van der Waals surface area contributed by atoms with Crippen LogP contribution in [0.1, 0.15) is 12.5 Å². The number of benzene rings is 3. The van der Waals surface area contributed by atoms with Crippen LogP contribution in [0.5, 0.6) is 11.5 Å². The van der Waals surface area contributed by atoms with Crippen molar-refractivity contribution in [1.29, 1.82) is 0 Å². The molecule has 5 aromatic rings. The van der Waals surface area contributed by atoms with Gasteiger partial charge < -0.3 is 9.47 Å². The van der Waals surface area contributed by atoms with Gasteiger partial charge in [-0.3, -0.25) is 4.79 Å². The molecule has 0 aliphatic heterocycles. The van der Waals surface area contributed by atoms with Crippen molar-refractivity contribution in [3.05, 3.63) is 93.2 Å². The molecule has 0 fully saturated rings. The SMILES string of the molecule is CCOc1cc(/C=c2\sc3nc4ccccc4n3c2=O)ccc1OCCSc1ccccc1. The number of ether oxygens (including phenoxy) is 2. The second-order valence-electron chi connectivity index (χ2n) is 7.28. The topological polar surface area (TPSA) is 52.8 Å². The zero-order chi connectivity index (χ0) is 22.6. The van der Waals surface area contributed by atoms with Crippen LogP contribution in [0, 0.1) is 0 Å². The lowest BCUT2D eigenvalue weighted by Gasteiger charge is -2.12. The Kier molecular flexibility index (Phi) is 6.32. The molecule has 0 saturated heterocycles. The Morgan fingerprint density at radius 2 is 1.82 bits per heavy atom. The van der Waals surface area contributed by atoms with Crippen LogP contribution < -0.4 is 19.6 Å². The van der Waals surface area contributed by atoms with Crippen molar-refractivity contribution in [2.24, 2.45) is 0 Å². The van der Waals surface area contributed by atoms with Crippen LogP contribution in [-0.2, 0) is 0 Å². The van der Waals surface area contributed by atoms with Crippen molar-refractivity contribution < 1.29 is 9.47 Å². The van der Waals surface area contributed by atoms with Crippen molar-refractivity contribution in [2.75, 3.05) is 19.0 Å². The molecule has 0 aliphatic rings. The molecule has 0 amide bonds. The first-order chi connectivity index (χ1) is 16.2. The molecule has 0 aliphatic carbocycles. The average molecular weight is 475 g/mol. The molecular weight excluding hydrogens is 452 g/mol. The van der Waals surface area contributed by atoms with Gasteiger partial charge in [0.2, 0.25) is 0 Å². The highest BCUT2D eigenvalue weighted by atomic mass is 32.2. The van der Waals surface area contributed by atoms with E-state index in [2.05, 4.69) is 17.1 Å². The van der Waals surface area contributed by atoms with Gasteiger partial charge in [0.15, 0.2) is 16.5 Å². The second kappa shape index (κ2) is 9.68. The highest BCUT2D eigenvalue weighted by Gasteiger charge is 2.11. The van der Waals surface area contributed by atoms with Gasteiger partial charge in [-0.25, -0.2) is 9.38 Å². The number of para-hydroxylation sites is 2. The molecule has 0 radical (unpaired) electrons. The summed E-state index contributed by atoms with van der Waals surface area (Å²) in [4.78, 5) is 19.5. The highest BCUT2D eigenvalue weighted by molar-refractivity contribution is 7.99. The van der Waals surface area contributed by atoms with Crippen molar-refractivity contribution in [3.8, 4) is 11.5 Å². The molecule has 7 heteroatoms. The summed E-state index contributed by atoms with van der Waals surface area (Å²) in [6, 6.07) is 23.7. The summed E-state index contributed by atoms with van der Waals surface area (Å²) < 4.78 is 14.1. The zero-order valence-corrected chi connectivity index (χ0v) is 19.7. The van der Waals surface area contributed by atoms with Gasteiger partial charge in [0.25, 0.3) is 5.56 Å². The van der Waals surface area contributed by atoms with E-state index in [1.54, 1.807) is 16.2 Å². The number of imidazole rings is 1. The Morgan fingerprint density at radius 3 is 2.67 bits per heavy atom. The molecule has 3 aromatic carbocycles. The van der Waals surface area contributed by atoms with Crippen molar-refractivity contribution in [3.63, 3.8) is 0 Å². The molecule has 0 atom stereocenters. The minimum Gasteiger partial charge on any atom is -0.490 e. The molecule has 0 bridgehead atoms. The first kappa shape index (κ1) is 21.6. The van der Waals surface area contributed by atoms with Crippen molar-refractivity contribution >= 4 is 45.2 Å². The third-order valence-electron chi connectivity index (χ3n) is 5.06. The normalized spacial score (nSPS) is 12.0. The van der Waals surface area contributed by atoms with Gasteiger partial charge in [-0.2, -0.15) is 0 Å². The maximum absolute atomic E-state index is 13.0. The number of rotatable bonds is 8. The molecule has 33 heavy (non-hydrogen) atoms. The fourth-order valence-corrected chi connectivity index (χ4v) is 5.33. The van der Waals surface area contributed by atoms with E-state index in [4.69, 9.17) is 9.47 Å². The maximum Gasteiger partial charge on any atom is 0.274 e. The predicted molar refractivity (Wildman–Crippen MR) is 136 cm³/mol. The van der Waals surface area contributed by atoms with Gasteiger partial charge >= 0.3 is 0 Å². The number of hydrogen-bond acceptors (Lipinski definition) is 6. The molecule has 5 rings (SSSR count). The van der Waals surface area contributed by atoms with E-state index < -0.39 is 0 Å². The van der Waals surface area contributed by atoms with Gasteiger partial charge in [-0.05, 0) is 55.0 Å². The minimum atomic E-state index is -0.0556. The Labute approximate surface area is 199 Å². The molecule has 166 valence electrons. The summed E-state index contributed by atoms with van der Waals surface area (Å²) in [5.41, 5.74) is 2.49. The van der Waals surface area contributed by atoms with Crippen LogP contribution in [0.25, 0.3) is 22.1 Å². The van der Waals surface area contributed by atoms with E-state index in [1.165, 1.54) is 16.2 Å². The fraction of sp³-hybridized carbons (Fsp3) is 0.154. The van der Waals surface area contributed by atoms with E-state index in [0.717, 1.165) is 22.3 Å². The number of hydrogen-bond donors (Lipinski definition) is 0. The molecule has 0 spiro atoms. The number of nitrogens with zero attached hydrogens (tertiary/aromatic N) is 2. The van der Waals surface area contributed by atoms with Gasteiger partial charge in [0.1, 0.15) is 0 Å². The summed E-state index contributed by atoms with van der Waals surface area (Å²) in [5.74, 6) is 2.22. The lowest BCUT2D eigenvalue weighted by atomic mass is 10.2. The summed E-state index contributed by atoms with van der Waals surface area (Å²) >= 11 is 3.15. The standard InChI is InChI=1S/C26H22N2O3S2/c1-2-30-23-16-18(12-13-22(23)31-14-15-32-19-8-4-3-5-9-19)17-24-25(29)28-21-11-7-6-10-20(21)27-26(28)33-24/h3-13,16-17H,2,14-15H2,1H3/b24-17-. The zero-order valence-electron chi connectivity index (χ0n) is 18.1. The quantitative estimate of drug-likeness (QED) is 0.233. The van der Waals surface area contributed by atoms with Crippen LogP contribution in [0.2, 0.25) is 0 Å². The Hall–Kier alpha value is -3.29. The monoisotopic (exact) mass is 474 g/mol. The fourth-order valence-electron chi connectivity index (χ4n) is 3.59. The Balaban J connectivity index is 1.37. The first-order valence-electron chi connectivity index (χ1n) is 10.7. The second-order valence-corrected chi connectivity index (χ2v) is 9.46. The molecule has 0 N–H and O–H groups in total. The third-order valence-corrected chi connectivity index (χ3v) is 7.01. The van der Waals surface area contributed by atoms with Crippen molar-refractivity contribution in [2.45, 2.75) is 11.8 Å². The summed E-state index contributed by atoms with van der Waals surface area (Å²) in [7, 11) is 0. The van der Waals surface area contributed by atoms with Crippen molar-refractivity contribution in [1.82, 2.24) is 9.38 Å². The van der Waals surface area contributed by atoms with Crippen LogP contribution in [0.3, 0.4) is 0 Å². The number of thiazole rings is 1. The number of fused-ring (bicyclic) bond motifs is 3. The van der Waals surface area contributed by atoms with Gasteiger partial charge in [0, 0.05) is 10.6 Å². The summed E-state index contributed by atoms with van der Waals surface area (Å²) in [6.45, 7) is 3.05. The average Bonchev–Trinajstić information content (AvgIpc) is 3.35. The molecule has 2 heterocycles. The van der Waals surface area contributed by atoms with E-state index in [-0.39, 0.29) is 5.56 Å². The van der Waals surface area contributed by atoms with Gasteiger partial charge in [0.05, 0.1) is 28.8 Å². The molecule has 2 aromatic heterocycles. The molecule has 0 unspecified atom stereocenters. The van der Waals surface area contributed by atoms with Crippen LogP contribution in [-0.4, -0.2) is 28.4 Å². The van der Waals surface area contributed by atoms with E-state index >= 15 is 0 Å². The molecular formula is C26H22N2O3S2. The number of thioether (sulfide) groups is 1.